The lowest BCUT2D eigenvalue weighted by molar-refractivity contribution is 1.01. The van der Waals surface area contributed by atoms with Gasteiger partial charge in [0.2, 0.25) is 0 Å². The number of benzene rings is 7. The van der Waals surface area contributed by atoms with Crippen LogP contribution in [0.5, 0.6) is 0 Å². The van der Waals surface area contributed by atoms with Gasteiger partial charge in [0.1, 0.15) is 88.4 Å². The van der Waals surface area contributed by atoms with Crippen molar-refractivity contribution < 1.29 is 0 Å². The van der Waals surface area contributed by atoms with Crippen molar-refractivity contribution in [2.24, 2.45) is 4.99 Å². The number of anilines is 1. The number of nitriles is 11. The van der Waals surface area contributed by atoms with E-state index in [1.807, 2.05) is 30.3 Å². The molecule has 2 aromatic heterocycles. The van der Waals surface area contributed by atoms with Gasteiger partial charge in [-0.25, -0.2) is 24.9 Å². The highest BCUT2D eigenvalue weighted by molar-refractivity contribution is 6.21. The van der Waals surface area contributed by atoms with Gasteiger partial charge in [-0.2, -0.15) is 57.9 Å². The Hall–Kier alpha value is -13.3. The molecule has 0 saturated heterocycles. The Balaban J connectivity index is 1.44. The zero-order chi connectivity index (χ0) is 54.8. The smallest absolute Gasteiger partial charge is 0.120 e. The van der Waals surface area contributed by atoms with Crippen molar-refractivity contribution in [1.29, 1.82) is 63.3 Å². The average Bonchev–Trinajstić information content (AvgIpc) is 3.67. The zero-order valence-corrected chi connectivity index (χ0v) is 39.7. The lowest BCUT2D eigenvalue weighted by Crippen LogP contribution is -2.26. The predicted molar refractivity (Wildman–Crippen MR) is 280 cm³/mol. The molecule has 9 aromatic rings. The Kier molecular flexibility index (Phi) is 12.2. The van der Waals surface area contributed by atoms with Crippen LogP contribution in [0.1, 0.15) is 83.9 Å². The van der Waals surface area contributed by atoms with Crippen molar-refractivity contribution in [2.45, 2.75) is 6.04 Å². The van der Waals surface area contributed by atoms with Crippen molar-refractivity contribution in [2.75, 3.05) is 5.32 Å². The maximum Gasteiger partial charge on any atom is 0.120 e. The van der Waals surface area contributed by atoms with E-state index in [1.54, 1.807) is 42.5 Å². The van der Waals surface area contributed by atoms with E-state index in [2.05, 4.69) is 41.7 Å². The number of hydrogen-bond acceptors (Lipinski definition) is 18. The Bertz CT molecular complexity index is 4780. The van der Waals surface area contributed by atoms with E-state index in [1.165, 1.54) is 66.7 Å². The van der Waals surface area contributed by atoms with Crippen molar-refractivity contribution >= 4 is 45.4 Å². The summed E-state index contributed by atoms with van der Waals surface area (Å²) in [5.74, 6) is 0. The van der Waals surface area contributed by atoms with Gasteiger partial charge in [0.15, 0.2) is 0 Å². The summed E-state index contributed by atoms with van der Waals surface area (Å²) in [5.41, 5.74) is 4.44. The van der Waals surface area contributed by atoms with Crippen LogP contribution in [0.2, 0.25) is 0 Å². The first-order valence-corrected chi connectivity index (χ1v) is 22.8. The molecule has 0 radical (unpaired) electrons. The number of hydrogen-bond donors (Lipinski definition) is 2. The van der Waals surface area contributed by atoms with Crippen molar-refractivity contribution in [3.05, 3.63) is 187 Å². The van der Waals surface area contributed by atoms with Crippen LogP contribution in [0.3, 0.4) is 0 Å². The van der Waals surface area contributed by atoms with Crippen LogP contribution in [0, 0.1) is 130 Å². The Morgan fingerprint density at radius 3 is 1.09 bits per heavy atom. The minimum atomic E-state index is -0.988. The van der Waals surface area contributed by atoms with Crippen LogP contribution in [0.15, 0.2) is 114 Å². The normalized spacial score (nSPS) is 11.8. The number of nitrogens with one attached hydrogen (secondary N) is 2. The molecule has 18 heteroatoms. The predicted octanol–water partition coefficient (Wildman–Crippen LogP) is 10.1. The highest BCUT2D eigenvalue weighted by atomic mass is 15.1. The van der Waals surface area contributed by atoms with Gasteiger partial charge in [-0.15, -0.1) is 0 Å². The molecule has 1 aliphatic heterocycles. The summed E-state index contributed by atoms with van der Waals surface area (Å²) in [6, 6.07) is 49.0. The van der Waals surface area contributed by atoms with Crippen LogP contribution in [-0.2, 0) is 0 Å². The van der Waals surface area contributed by atoms with Gasteiger partial charge in [0, 0.05) is 34.0 Å². The van der Waals surface area contributed by atoms with Gasteiger partial charge in [-0.3, -0.25) is 0 Å². The van der Waals surface area contributed by atoms with Gasteiger partial charge < -0.3 is 10.7 Å². The average molecular weight is 995 g/mol. The molecule has 1 aliphatic rings. The molecule has 7 aromatic carbocycles. The highest BCUT2D eigenvalue weighted by Gasteiger charge is 2.33. The number of aliphatic imine (C=N–C) groups is 1. The summed E-state index contributed by atoms with van der Waals surface area (Å²) in [4.78, 5) is 26.6. The third-order valence-corrected chi connectivity index (χ3v) is 12.9. The lowest BCUT2D eigenvalue weighted by Gasteiger charge is -2.30. The van der Waals surface area contributed by atoms with Crippen LogP contribution in [-0.4, -0.2) is 31.9 Å². The molecular weight excluding hydrogens is 973 g/mol. The van der Waals surface area contributed by atoms with E-state index in [-0.39, 0.29) is 129 Å². The van der Waals surface area contributed by atoms with E-state index >= 15 is 0 Å². The largest absolute Gasteiger partial charge is 0.369 e. The highest BCUT2D eigenvalue weighted by Crippen LogP contribution is 2.48. The summed E-state index contributed by atoms with van der Waals surface area (Å²) < 4.78 is 0. The van der Waals surface area contributed by atoms with Crippen molar-refractivity contribution in [3.8, 4) is 112 Å². The Morgan fingerprint density at radius 1 is 0.359 bits per heavy atom. The SMILES string of the molecule is N#Cc1ccc(-c2nc3c4c(c5nc(-c6ccc(C#N)c(C#N)c6)c(-c6ccc(C#N)c(C#N)c6)nc5c3nc2-c2ccc(C#N)c(C#N)c2)NC(c2ccc(C#N)c(C#N)c2)C(c2ccc(C#N)c(C=N)c2)=N4)cc1C#N. The van der Waals surface area contributed by atoms with E-state index in [0.29, 0.717) is 33.4 Å². The molecule has 0 bridgehead atoms. The fraction of sp³-hybridized carbons (Fsp3) is 0.0167. The molecule has 0 aliphatic carbocycles. The van der Waals surface area contributed by atoms with Gasteiger partial charge >= 0.3 is 0 Å². The third-order valence-electron chi connectivity index (χ3n) is 12.9. The summed E-state index contributed by atoms with van der Waals surface area (Å²) in [5, 5.41) is 123. The Morgan fingerprint density at radius 2 is 0.692 bits per heavy atom. The van der Waals surface area contributed by atoms with E-state index in [4.69, 9.17) is 30.3 Å². The molecular formula is C60H22N18. The molecule has 352 valence electrons. The standard InChI is InChI=1S/C60H22N18/c61-19-37-7-1-31(13-43(37)25-67)49-50(32-2-8-38(20-62)44(14-32)26-68)74-56-55(73-49)57-59(77-52(34-4-10-40(22-64)46(16-34)28-70)51(75-57)33-3-9-39(21-63)45(15-33)27-69)60-58(56)76-53(35-5-11-41(23-65)47(17-35)29-71)54(78-60)36-6-12-42(24-66)48(18-36)30-72/h1-18,25,50,67,74H. The van der Waals surface area contributed by atoms with Crippen LogP contribution in [0.25, 0.3) is 67.1 Å². The van der Waals surface area contributed by atoms with Gasteiger partial charge in [0.25, 0.3) is 0 Å². The molecule has 3 heterocycles. The minimum absolute atomic E-state index is 0.00854. The summed E-state index contributed by atoms with van der Waals surface area (Å²) in [7, 11) is 0. The van der Waals surface area contributed by atoms with Crippen LogP contribution < -0.4 is 5.32 Å². The molecule has 0 fully saturated rings. The molecule has 10 rings (SSSR count). The van der Waals surface area contributed by atoms with Gasteiger partial charge in [-0.1, -0.05) is 36.4 Å². The first kappa shape index (κ1) is 48.4. The van der Waals surface area contributed by atoms with Gasteiger partial charge in [0.05, 0.1) is 107 Å². The van der Waals surface area contributed by atoms with Crippen LogP contribution in [0.4, 0.5) is 11.4 Å². The van der Waals surface area contributed by atoms with Gasteiger partial charge in [-0.05, 0) is 83.9 Å². The zero-order valence-electron chi connectivity index (χ0n) is 39.7. The number of nitrogens with zero attached hydrogens (tertiary/aromatic N) is 16. The monoisotopic (exact) mass is 994 g/mol. The number of rotatable bonds is 7. The maximum atomic E-state index is 10.3. The second-order valence-corrected chi connectivity index (χ2v) is 17.1. The molecule has 18 nitrogen and oxygen atoms in total. The van der Waals surface area contributed by atoms with E-state index in [0.717, 1.165) is 6.21 Å². The summed E-state index contributed by atoms with van der Waals surface area (Å²) in [6.07, 6.45) is 1.02. The van der Waals surface area contributed by atoms with Crippen molar-refractivity contribution in [1.82, 2.24) is 19.9 Å². The maximum absolute atomic E-state index is 10.3. The first-order chi connectivity index (χ1) is 38.1. The molecule has 0 spiro atoms. The molecule has 0 amide bonds. The quantitative estimate of drug-likeness (QED) is 0.111. The summed E-state index contributed by atoms with van der Waals surface area (Å²) >= 11 is 0. The molecule has 1 unspecified atom stereocenters. The molecule has 78 heavy (non-hydrogen) atoms. The molecule has 1 atom stereocenters. The second-order valence-electron chi connectivity index (χ2n) is 17.1. The van der Waals surface area contributed by atoms with E-state index in [9.17, 15) is 57.9 Å². The minimum Gasteiger partial charge on any atom is -0.369 e. The lowest BCUT2D eigenvalue weighted by atomic mass is 9.90. The first-order valence-electron chi connectivity index (χ1n) is 22.8. The molecule has 0 saturated carbocycles. The number of aromatic nitrogens is 4. The fourth-order valence-electron chi connectivity index (χ4n) is 9.09. The fourth-order valence-corrected chi connectivity index (χ4v) is 9.09. The van der Waals surface area contributed by atoms with Crippen molar-refractivity contribution in [3.63, 3.8) is 0 Å². The summed E-state index contributed by atoms with van der Waals surface area (Å²) in [6.45, 7) is 0. The molecule has 2 N–H and O–H groups in total. The van der Waals surface area contributed by atoms with E-state index < -0.39 is 6.04 Å². The third kappa shape index (κ3) is 8.02. The topological polar surface area (TPSA) is 361 Å². The van der Waals surface area contributed by atoms with Crippen LogP contribution >= 0.6 is 0 Å². The second kappa shape index (κ2) is 19.7. The number of fused-ring (bicyclic) bond motifs is 6. The Labute approximate surface area is 442 Å².